The monoisotopic (exact) mass is 2110 g/mol. The summed E-state index contributed by atoms with van der Waals surface area (Å²) >= 11 is 76.8. The third kappa shape index (κ3) is 18.3. The quantitative estimate of drug-likeness (QED) is 0.0487. The summed E-state index contributed by atoms with van der Waals surface area (Å²) in [6, 6.07) is 15.1. The summed E-state index contributed by atoms with van der Waals surface area (Å²) in [6.07, 6.45) is 8.61. The molecule has 3 aliphatic rings. The first kappa shape index (κ1) is 104. The third-order valence-corrected chi connectivity index (χ3v) is 28.2. The Bertz CT molecular complexity index is 6790. The summed E-state index contributed by atoms with van der Waals surface area (Å²) in [7, 11) is 0. The molecule has 3 amide bonds. The van der Waals surface area contributed by atoms with E-state index in [-0.39, 0.29) is 191 Å². The van der Waals surface area contributed by atoms with E-state index in [0.717, 1.165) is 0 Å². The predicted octanol–water partition coefficient (Wildman–Crippen LogP) is 22.3. The van der Waals surface area contributed by atoms with Crippen LogP contribution < -0.4 is 31.4 Å². The molecule has 714 valence electrons. The van der Waals surface area contributed by atoms with E-state index in [2.05, 4.69) is 52.9 Å². The number of piperazine rings is 3. The summed E-state index contributed by atoms with van der Waals surface area (Å²) in [6.45, 7) is 35.8. The zero-order chi connectivity index (χ0) is 101. The first-order valence-corrected chi connectivity index (χ1v) is 46.9. The van der Waals surface area contributed by atoms with Crippen molar-refractivity contribution in [2.45, 2.75) is 119 Å². The molecule has 0 bridgehead atoms. The van der Waals surface area contributed by atoms with Gasteiger partial charge in [0.2, 0.25) is 17.7 Å². The summed E-state index contributed by atoms with van der Waals surface area (Å²) < 4.78 is 48.5. The van der Waals surface area contributed by atoms with Crippen LogP contribution in [0.25, 0.3) is 83.9 Å². The molecule has 3 N–H and O–H groups in total. The molecule has 3 aromatic carbocycles. The number of aromatic nitrogens is 9. The van der Waals surface area contributed by atoms with Gasteiger partial charge in [-0.3, -0.25) is 57.4 Å². The Morgan fingerprint density at radius 2 is 0.659 bits per heavy atom. The molecule has 3 aliphatic heterocycles. The van der Waals surface area contributed by atoms with Gasteiger partial charge in [0.1, 0.15) is 61.9 Å². The largest absolute Gasteiger partial charge is 0.505 e. The molecule has 9 aromatic heterocycles. The van der Waals surface area contributed by atoms with Crippen LogP contribution in [0.1, 0.15) is 131 Å². The number of anilines is 3. The lowest BCUT2D eigenvalue weighted by atomic mass is 10.0. The van der Waals surface area contributed by atoms with E-state index < -0.39 is 91.6 Å². The predicted molar refractivity (Wildman–Crippen MR) is 538 cm³/mol. The first-order valence-electron chi connectivity index (χ1n) is 42.4. The van der Waals surface area contributed by atoms with Crippen molar-refractivity contribution in [1.82, 2.24) is 58.3 Å². The lowest BCUT2D eigenvalue weighted by Crippen LogP contribution is -2.54. The molecule has 0 spiro atoms. The van der Waals surface area contributed by atoms with E-state index in [4.69, 9.17) is 154 Å². The maximum atomic E-state index is 15.0. The van der Waals surface area contributed by atoms with E-state index in [1.165, 1.54) is 50.1 Å². The van der Waals surface area contributed by atoms with E-state index in [1.807, 2.05) is 77.0 Å². The summed E-state index contributed by atoms with van der Waals surface area (Å²) in [4.78, 5) is 119. The number of pyridine rings is 9. The minimum atomic E-state index is -1.22. The Kier molecular flexibility index (Phi) is 31.1. The standard InChI is InChI=1S/3C32H27Cl4FN6O3/c2*1-6-20(44)42-10-9-41(13-16(42)5)29-17-11-19(33)27(21-22(34)25(37)24(36)30(45)23(21)35)40-31(17)43(32(46)18(29)12-38)28-15(4)7-8-39-26(28)14(2)3;1-6-20(44)42-10-9-41(13-16(42)5)29-17-11-19(33)27(21-22(34)24(36)25(37)30(45)23(21)35)40-31(17)43(32(46)18(29)12-38)28-15(4)7-8-39-26(28)14(2)3/h3*6-8,11,14,16,45H,1,9-10,13H2,2-5H3/t3*16-/m111/s1. The molecule has 0 saturated carbocycles. The SMILES string of the molecule is C=CC(=O)N1CCN(c2c(C#N)c(=O)n(-c3c(C)ccnc3C(C)C)c3nc(-c4c(Cl)c(O)c(Cl)c(F)c4Cl)c(Cl)cc23)C[C@H]1C.C=CC(=O)N1CCN(c2c(C#N)c(=O)n(-c3c(C)ccnc3C(C)C)c3nc(-c4c(Cl)c(O)c(Cl)c(F)c4Cl)c(Cl)cc23)C[C@H]1C.C=CC(=O)N1CCN(c2c(C#N)c(=O)n(-c3c(C)ccnc3C(C)C)c3nc(-c4c(Cl)c(O)c(F)c(Cl)c4Cl)c(Cl)cc23)C[C@H]1C. The van der Waals surface area contributed by atoms with Crippen LogP contribution >= 0.6 is 139 Å². The maximum Gasteiger partial charge on any atom is 0.276 e. The number of fused-ring (bicyclic) bond motifs is 3. The van der Waals surface area contributed by atoms with E-state index in [1.54, 1.807) is 72.3 Å². The number of benzene rings is 3. The fraction of sp³-hybridized carbons (Fsp3) is 0.281. The molecule has 15 rings (SSSR count). The van der Waals surface area contributed by atoms with Crippen LogP contribution in [0.2, 0.25) is 60.3 Å². The lowest BCUT2D eigenvalue weighted by Gasteiger charge is -2.41. The molecule has 0 unspecified atom stereocenters. The van der Waals surface area contributed by atoms with Gasteiger partial charge in [-0.25, -0.2) is 28.1 Å². The van der Waals surface area contributed by atoms with Crippen molar-refractivity contribution >= 4 is 207 Å². The van der Waals surface area contributed by atoms with Crippen molar-refractivity contribution < 1.29 is 42.9 Å². The van der Waals surface area contributed by atoms with Crippen molar-refractivity contribution in [2.24, 2.45) is 0 Å². The number of halogens is 15. The van der Waals surface area contributed by atoms with E-state index in [0.29, 0.717) is 93.2 Å². The number of phenols is 3. The highest BCUT2D eigenvalue weighted by Gasteiger charge is 2.40. The van der Waals surface area contributed by atoms with Crippen LogP contribution in [-0.4, -0.2) is 168 Å². The Morgan fingerprint density at radius 1 is 0.399 bits per heavy atom. The lowest BCUT2D eigenvalue weighted by molar-refractivity contribution is -0.129. The Hall–Kier alpha value is -11.6. The second-order valence-electron chi connectivity index (χ2n) is 33.6. The summed E-state index contributed by atoms with van der Waals surface area (Å²) in [5, 5.41) is 58.9. The van der Waals surface area contributed by atoms with Crippen LogP contribution in [0.4, 0.5) is 30.2 Å². The normalized spacial score (nSPS) is 15.0. The number of hydrogen-bond donors (Lipinski definition) is 3. The molecule has 0 radical (unpaired) electrons. The minimum absolute atomic E-state index is 0.0331. The number of aryl methyl sites for hydroxylation is 3. The van der Waals surface area contributed by atoms with Crippen molar-refractivity contribution in [3.63, 3.8) is 0 Å². The smallest absolute Gasteiger partial charge is 0.276 e. The minimum Gasteiger partial charge on any atom is -0.505 e. The fourth-order valence-electron chi connectivity index (χ4n) is 17.4. The molecule has 3 saturated heterocycles. The van der Waals surface area contributed by atoms with Crippen LogP contribution in [0.3, 0.4) is 0 Å². The van der Waals surface area contributed by atoms with Crippen molar-refractivity contribution in [2.75, 3.05) is 73.6 Å². The number of nitriles is 3. The van der Waals surface area contributed by atoms with Gasteiger partial charge in [-0.1, -0.05) is 200 Å². The highest BCUT2D eigenvalue weighted by molar-refractivity contribution is 6.48. The molecular formula is C96H81Cl12F3N18O9. The highest BCUT2D eigenvalue weighted by atomic mass is 35.5. The number of rotatable bonds is 15. The second-order valence-corrected chi connectivity index (χ2v) is 38.2. The molecule has 42 heteroatoms. The van der Waals surface area contributed by atoms with Crippen molar-refractivity contribution in [3.8, 4) is 86.3 Å². The summed E-state index contributed by atoms with van der Waals surface area (Å²) in [5.41, 5.74) is 2.45. The molecule has 12 heterocycles. The average Bonchev–Trinajstić information content (AvgIpc) is 0.726. The van der Waals surface area contributed by atoms with Gasteiger partial charge in [-0.15, -0.1) is 0 Å². The Labute approximate surface area is 848 Å². The van der Waals surface area contributed by atoms with Gasteiger partial charge < -0.3 is 44.7 Å². The molecule has 0 aliphatic carbocycles. The number of carbonyl (C=O) groups is 3. The molecule has 138 heavy (non-hydrogen) atoms. The maximum absolute atomic E-state index is 15.0. The highest BCUT2D eigenvalue weighted by Crippen LogP contribution is 2.54. The number of phenolic OH excluding ortho intramolecular Hbond substituents is 3. The first-order chi connectivity index (χ1) is 65.2. The second kappa shape index (κ2) is 41.4. The van der Waals surface area contributed by atoms with Crippen molar-refractivity contribution in [1.29, 1.82) is 15.8 Å². The molecule has 3 atom stereocenters. The van der Waals surface area contributed by atoms with Gasteiger partial charge in [0, 0.05) is 128 Å². The van der Waals surface area contributed by atoms with E-state index in [9.17, 15) is 64.3 Å². The number of hydrogen-bond acceptors (Lipinski definition) is 21. The zero-order valence-corrected chi connectivity index (χ0v) is 84.5. The van der Waals surface area contributed by atoms with Crippen molar-refractivity contribution in [3.05, 3.63) is 252 Å². The fourth-order valence-corrected chi connectivity index (χ4v) is 20.7. The Balaban J connectivity index is 0.000000175. The molecule has 12 aromatic rings. The van der Waals surface area contributed by atoms with Gasteiger partial charge in [0.25, 0.3) is 16.7 Å². The van der Waals surface area contributed by atoms with Crippen LogP contribution in [-0.2, 0) is 14.4 Å². The topological polar surface area (TPSA) is 346 Å². The molecule has 3 fully saturated rings. The van der Waals surface area contributed by atoms with Crippen LogP contribution in [0, 0.1) is 72.2 Å². The van der Waals surface area contributed by atoms with Gasteiger partial charge in [-0.2, -0.15) is 15.8 Å². The van der Waals surface area contributed by atoms with Gasteiger partial charge in [-0.05, 0) is 131 Å². The van der Waals surface area contributed by atoms with E-state index >= 15 is 8.78 Å². The van der Waals surface area contributed by atoms with Gasteiger partial charge in [0.05, 0.1) is 119 Å². The number of amides is 3. The van der Waals surface area contributed by atoms with Gasteiger partial charge >= 0.3 is 0 Å². The van der Waals surface area contributed by atoms with Crippen LogP contribution in [0.5, 0.6) is 17.2 Å². The molecule has 27 nitrogen and oxygen atoms in total. The zero-order valence-electron chi connectivity index (χ0n) is 75.4. The average molecular weight is 2110 g/mol. The molecular weight excluding hydrogens is 2030 g/mol. The summed E-state index contributed by atoms with van der Waals surface area (Å²) in [5.74, 6) is -7.08. The van der Waals surface area contributed by atoms with Gasteiger partial charge in [0.15, 0.2) is 34.7 Å². The number of nitrogens with zero attached hydrogens (tertiary/aromatic N) is 18. The number of aromatic hydroxyl groups is 3. The number of carbonyl (C=O) groups excluding carboxylic acids is 3. The van der Waals surface area contributed by atoms with Crippen LogP contribution in [0.15, 0.2) is 107 Å². The third-order valence-electron chi connectivity index (χ3n) is 24.0. The Morgan fingerprint density at radius 3 is 0.906 bits per heavy atom.